The van der Waals surface area contributed by atoms with Gasteiger partial charge in [0.2, 0.25) is 19.1 Å². The molecule has 8 nitrogen and oxygen atoms in total. The van der Waals surface area contributed by atoms with E-state index in [1.165, 1.54) is 4.52 Å². The minimum Gasteiger partial charge on any atom is -0.444 e. The van der Waals surface area contributed by atoms with Crippen LogP contribution < -0.4 is 5.32 Å². The van der Waals surface area contributed by atoms with Gasteiger partial charge in [0, 0.05) is 12.1 Å². The monoisotopic (exact) mass is 408 g/mol. The summed E-state index contributed by atoms with van der Waals surface area (Å²) < 4.78 is 31.4. The Kier molecular flexibility index (Phi) is 5.20. The number of carbonyl (C=O) groups is 1. The van der Waals surface area contributed by atoms with Gasteiger partial charge >= 0.3 is 6.09 Å². The summed E-state index contributed by atoms with van der Waals surface area (Å²) in [5, 5.41) is 6.57. The van der Waals surface area contributed by atoms with Crippen molar-refractivity contribution in [2.24, 2.45) is 0 Å². The highest BCUT2D eigenvalue weighted by Crippen LogP contribution is 2.24. The van der Waals surface area contributed by atoms with Crippen molar-refractivity contribution in [2.75, 3.05) is 12.3 Å². The summed E-state index contributed by atoms with van der Waals surface area (Å²) in [4.78, 5) is 16.5. The molecule has 0 aliphatic heterocycles. The van der Waals surface area contributed by atoms with Crippen molar-refractivity contribution in [1.82, 2.24) is 19.9 Å². The van der Waals surface area contributed by atoms with Crippen molar-refractivity contribution in [2.45, 2.75) is 30.7 Å². The number of nitrogens with zero attached hydrogens (tertiary/aromatic N) is 3. The zero-order chi connectivity index (χ0) is 19.7. The number of amides is 1. The Labute approximate surface area is 161 Å². The molecule has 1 amide bonds. The van der Waals surface area contributed by atoms with E-state index in [2.05, 4.69) is 15.4 Å². The van der Waals surface area contributed by atoms with E-state index in [0.29, 0.717) is 4.96 Å². The minimum atomic E-state index is -3.63. The molecule has 0 bridgehead atoms. The lowest BCUT2D eigenvalue weighted by molar-refractivity contribution is 0.0531. The normalized spacial score (nSPS) is 12.3. The van der Waals surface area contributed by atoms with Gasteiger partial charge in [-0.2, -0.15) is 0 Å². The number of rotatable bonds is 5. The second-order valence-corrected chi connectivity index (χ2v) is 10.1. The average molecular weight is 409 g/mol. The molecule has 0 aliphatic rings. The van der Waals surface area contributed by atoms with Gasteiger partial charge < -0.3 is 10.1 Å². The molecule has 2 aromatic heterocycles. The summed E-state index contributed by atoms with van der Waals surface area (Å²) in [5.41, 5.74) is 1.02. The first kappa shape index (κ1) is 19.3. The van der Waals surface area contributed by atoms with Gasteiger partial charge in [-0.1, -0.05) is 41.7 Å². The van der Waals surface area contributed by atoms with Gasteiger partial charge in [-0.3, -0.25) is 0 Å². The van der Waals surface area contributed by atoms with Crippen LogP contribution in [0.25, 0.3) is 16.2 Å². The molecule has 27 heavy (non-hydrogen) atoms. The van der Waals surface area contributed by atoms with E-state index < -0.39 is 21.5 Å². The topological polar surface area (TPSA) is 103 Å². The number of aromatic nitrogens is 3. The van der Waals surface area contributed by atoms with E-state index in [0.717, 1.165) is 22.6 Å². The predicted molar refractivity (Wildman–Crippen MR) is 103 cm³/mol. The molecule has 0 aliphatic carbocycles. The maximum absolute atomic E-state index is 12.4. The minimum absolute atomic E-state index is 0.0319. The standard InChI is InChI=1S/C17H20N4O4S2/c1-17(2,3)25-15(22)18-9-10-27(23,24)16-20-21-11-13(19-14(21)26-16)12-7-5-4-6-8-12/h4-8,11H,9-10H2,1-3H3,(H,18,22). The van der Waals surface area contributed by atoms with Gasteiger partial charge in [0.25, 0.3) is 0 Å². The van der Waals surface area contributed by atoms with Crippen molar-refractivity contribution in [3.05, 3.63) is 36.5 Å². The maximum atomic E-state index is 12.4. The van der Waals surface area contributed by atoms with Crippen LogP contribution in [0.4, 0.5) is 4.79 Å². The van der Waals surface area contributed by atoms with Crippen molar-refractivity contribution < 1.29 is 17.9 Å². The van der Waals surface area contributed by atoms with Crippen LogP contribution in [0.5, 0.6) is 0 Å². The Morgan fingerprint density at radius 3 is 2.59 bits per heavy atom. The number of fused-ring (bicyclic) bond motifs is 1. The van der Waals surface area contributed by atoms with E-state index in [9.17, 15) is 13.2 Å². The van der Waals surface area contributed by atoms with Gasteiger partial charge in [0.1, 0.15) is 5.60 Å². The zero-order valence-corrected chi connectivity index (χ0v) is 16.8. The zero-order valence-electron chi connectivity index (χ0n) is 15.2. The second-order valence-electron chi connectivity index (χ2n) is 6.83. The average Bonchev–Trinajstić information content (AvgIpc) is 3.13. The molecule has 0 atom stereocenters. The lowest BCUT2D eigenvalue weighted by Crippen LogP contribution is -2.35. The summed E-state index contributed by atoms with van der Waals surface area (Å²) in [5.74, 6) is -0.269. The lowest BCUT2D eigenvalue weighted by atomic mass is 10.2. The van der Waals surface area contributed by atoms with E-state index >= 15 is 0 Å². The molecule has 3 rings (SSSR count). The molecular formula is C17H20N4O4S2. The highest BCUT2D eigenvalue weighted by Gasteiger charge is 2.22. The quantitative estimate of drug-likeness (QED) is 0.696. The summed E-state index contributed by atoms with van der Waals surface area (Å²) in [6.45, 7) is 5.14. The molecule has 144 valence electrons. The number of hydrogen-bond donors (Lipinski definition) is 1. The lowest BCUT2D eigenvalue weighted by Gasteiger charge is -2.19. The molecule has 0 saturated heterocycles. The fourth-order valence-electron chi connectivity index (χ4n) is 2.24. The molecule has 1 N–H and O–H groups in total. The van der Waals surface area contributed by atoms with Crippen LogP contribution in [0.15, 0.2) is 40.9 Å². The maximum Gasteiger partial charge on any atom is 0.407 e. The third kappa shape index (κ3) is 4.83. The van der Waals surface area contributed by atoms with Crippen LogP contribution in [0.2, 0.25) is 0 Å². The third-order valence-corrected chi connectivity index (χ3v) is 6.48. The molecule has 0 radical (unpaired) electrons. The smallest absolute Gasteiger partial charge is 0.407 e. The summed E-state index contributed by atoms with van der Waals surface area (Å²) in [7, 11) is -3.63. The highest BCUT2D eigenvalue weighted by molar-refractivity contribution is 7.93. The molecule has 0 spiro atoms. The molecule has 0 saturated carbocycles. The second kappa shape index (κ2) is 7.28. The molecular weight excluding hydrogens is 388 g/mol. The van der Waals surface area contributed by atoms with Crippen molar-refractivity contribution in [3.8, 4) is 11.3 Å². The number of hydrogen-bond acceptors (Lipinski definition) is 7. The van der Waals surface area contributed by atoms with E-state index in [-0.39, 0.29) is 16.6 Å². The van der Waals surface area contributed by atoms with E-state index in [4.69, 9.17) is 4.74 Å². The summed E-state index contributed by atoms with van der Waals surface area (Å²) >= 11 is 0.997. The number of sulfone groups is 1. The summed E-state index contributed by atoms with van der Waals surface area (Å²) in [6.07, 6.45) is 1.04. The fraction of sp³-hybridized carbons (Fsp3) is 0.353. The van der Waals surface area contributed by atoms with Gasteiger partial charge in [-0.05, 0) is 20.8 Å². The molecule has 0 fully saturated rings. The van der Waals surface area contributed by atoms with Crippen LogP contribution in [0.1, 0.15) is 20.8 Å². The number of alkyl carbamates (subject to hydrolysis) is 1. The van der Waals surface area contributed by atoms with Gasteiger partial charge in [0.15, 0.2) is 0 Å². The number of carbonyl (C=O) groups excluding carboxylic acids is 1. The Morgan fingerprint density at radius 2 is 1.96 bits per heavy atom. The molecule has 2 heterocycles. The Balaban J connectivity index is 1.67. The van der Waals surface area contributed by atoms with Crippen LogP contribution in [-0.2, 0) is 14.6 Å². The largest absolute Gasteiger partial charge is 0.444 e. The van der Waals surface area contributed by atoms with Crippen LogP contribution in [0, 0.1) is 0 Å². The van der Waals surface area contributed by atoms with E-state index in [1.807, 2.05) is 30.3 Å². The van der Waals surface area contributed by atoms with Gasteiger partial charge in [-0.15, -0.1) is 5.10 Å². The van der Waals surface area contributed by atoms with Crippen molar-refractivity contribution >= 4 is 32.2 Å². The Hall–Kier alpha value is -2.46. The Morgan fingerprint density at radius 1 is 1.26 bits per heavy atom. The first-order chi connectivity index (χ1) is 12.6. The Bertz CT molecular complexity index is 1020. The number of nitrogens with one attached hydrogen (secondary N) is 1. The van der Waals surface area contributed by atoms with Crippen LogP contribution in [-0.4, -0.2) is 47.0 Å². The first-order valence-corrected chi connectivity index (χ1v) is 10.7. The molecule has 3 aromatic rings. The highest BCUT2D eigenvalue weighted by atomic mass is 32.2. The number of ether oxygens (including phenoxy) is 1. The third-order valence-electron chi connectivity index (χ3n) is 3.40. The number of imidazole rings is 1. The van der Waals surface area contributed by atoms with Crippen LogP contribution in [0.3, 0.4) is 0 Å². The predicted octanol–water partition coefficient (Wildman–Crippen LogP) is 2.76. The fourth-order valence-corrected chi connectivity index (χ4v) is 4.60. The van der Waals surface area contributed by atoms with Crippen molar-refractivity contribution in [1.29, 1.82) is 0 Å². The first-order valence-electron chi connectivity index (χ1n) is 8.25. The number of benzene rings is 1. The SMILES string of the molecule is CC(C)(C)OC(=O)NCCS(=O)(=O)c1nn2cc(-c3ccccc3)nc2s1. The van der Waals surface area contributed by atoms with E-state index in [1.54, 1.807) is 27.0 Å². The van der Waals surface area contributed by atoms with Crippen molar-refractivity contribution in [3.63, 3.8) is 0 Å². The summed E-state index contributed by atoms with van der Waals surface area (Å²) in [6, 6.07) is 9.57. The van der Waals surface area contributed by atoms with Gasteiger partial charge in [-0.25, -0.2) is 22.7 Å². The molecule has 10 heteroatoms. The van der Waals surface area contributed by atoms with Gasteiger partial charge in [0.05, 0.1) is 17.6 Å². The molecule has 1 aromatic carbocycles. The van der Waals surface area contributed by atoms with Crippen LogP contribution >= 0.6 is 11.3 Å². The molecule has 0 unspecified atom stereocenters.